The normalized spacial score (nSPS) is 17.2. The van der Waals surface area contributed by atoms with Gasteiger partial charge in [-0.25, -0.2) is 0 Å². The molecule has 0 unspecified atom stereocenters. The molecule has 1 aromatic carbocycles. The second-order valence-electron chi connectivity index (χ2n) is 4.38. The monoisotopic (exact) mass is 388 g/mol. The maximum atomic E-state index is 5.90. The number of nitrogens with zero attached hydrogens (tertiary/aromatic N) is 2. The van der Waals surface area contributed by atoms with Crippen LogP contribution < -0.4 is 28.5 Å². The molecule has 2 aromatic rings. The predicted molar refractivity (Wildman–Crippen MR) is 75.1 cm³/mol. The zero-order valence-corrected chi connectivity index (χ0v) is 14.1. The highest BCUT2D eigenvalue weighted by atomic mass is 127. The van der Waals surface area contributed by atoms with Gasteiger partial charge in [0.15, 0.2) is 0 Å². The lowest BCUT2D eigenvalue weighted by molar-refractivity contribution is -0.652. The van der Waals surface area contributed by atoms with Crippen LogP contribution in [0.4, 0.5) is 0 Å². The number of benzene rings is 1. The third kappa shape index (κ3) is 2.76. The van der Waals surface area contributed by atoms with Gasteiger partial charge in [-0.1, -0.05) is 12.1 Å². The molecule has 0 radical (unpaired) electrons. The smallest absolute Gasteiger partial charge is 0.376 e. The van der Waals surface area contributed by atoms with Crippen LogP contribution in [-0.4, -0.2) is 23.7 Å². The van der Waals surface area contributed by atoms with Gasteiger partial charge in [0.2, 0.25) is 5.58 Å². The average Bonchev–Trinajstić information content (AvgIpc) is 2.96. The van der Waals surface area contributed by atoms with Crippen LogP contribution in [0.15, 0.2) is 33.7 Å². The van der Waals surface area contributed by atoms with Gasteiger partial charge in [0.1, 0.15) is 7.05 Å². The van der Waals surface area contributed by atoms with E-state index in [2.05, 4.69) is 28.5 Å². The van der Waals surface area contributed by atoms with E-state index >= 15 is 0 Å². The molecule has 3 rings (SSSR count). The Balaban J connectivity index is 0.00000133. The van der Waals surface area contributed by atoms with Crippen molar-refractivity contribution >= 4 is 28.9 Å². The number of rotatable bonds is 2. The number of halogens is 1. The topological polar surface area (TPSA) is 20.3 Å². The van der Waals surface area contributed by atoms with E-state index in [4.69, 9.17) is 4.42 Å². The summed E-state index contributed by atoms with van der Waals surface area (Å²) < 4.78 is 8.01. The summed E-state index contributed by atoms with van der Waals surface area (Å²) in [5.74, 6) is 2.09. The summed E-state index contributed by atoms with van der Waals surface area (Å²) in [5, 5.41) is 1.31. The first-order valence-corrected chi connectivity index (χ1v) is 7.25. The molecule has 0 saturated carbocycles. The second-order valence-corrected chi connectivity index (χ2v) is 5.49. The quantitative estimate of drug-likeness (QED) is 0.517. The molecule has 19 heavy (non-hydrogen) atoms. The molecule has 1 saturated heterocycles. The number of para-hydroxylation sites is 2. The SMILES string of the molecule is CCN1CCS/C1=C\c1oc2ccccc2[n+]1C.[I-]. The Morgan fingerprint density at radius 1 is 1.42 bits per heavy atom. The number of hydrogen-bond donors (Lipinski definition) is 0. The zero-order chi connectivity index (χ0) is 12.5. The number of aromatic nitrogens is 1. The van der Waals surface area contributed by atoms with Crippen molar-refractivity contribution in [3.63, 3.8) is 0 Å². The number of oxazole rings is 1. The molecule has 5 heteroatoms. The zero-order valence-electron chi connectivity index (χ0n) is 11.1. The van der Waals surface area contributed by atoms with E-state index in [0.29, 0.717) is 0 Å². The molecule has 0 N–H and O–H groups in total. The van der Waals surface area contributed by atoms with Gasteiger partial charge in [0, 0.05) is 24.9 Å². The van der Waals surface area contributed by atoms with Gasteiger partial charge in [-0.3, -0.25) is 0 Å². The first-order chi connectivity index (χ1) is 8.79. The van der Waals surface area contributed by atoms with Crippen molar-refractivity contribution < 1.29 is 33.0 Å². The van der Waals surface area contributed by atoms with E-state index < -0.39 is 0 Å². The molecule has 0 amide bonds. The Labute approximate surface area is 134 Å². The molecule has 1 aromatic heterocycles. The van der Waals surface area contributed by atoms with Crippen LogP contribution in [0.3, 0.4) is 0 Å². The van der Waals surface area contributed by atoms with Crippen molar-refractivity contribution in [2.45, 2.75) is 6.92 Å². The number of thioether (sulfide) groups is 1. The standard InChI is InChI=1S/C14H17N2OS.HI/c1-3-16-8-9-18-14(16)10-13-15(2)11-6-4-5-7-12(11)17-13;/h4-7,10H,3,8-9H2,1-2H3;1H/q+1;/p-1. The van der Waals surface area contributed by atoms with Crippen LogP contribution in [0.5, 0.6) is 0 Å². The number of fused-ring (bicyclic) bond motifs is 1. The van der Waals surface area contributed by atoms with Crippen molar-refractivity contribution in [1.29, 1.82) is 0 Å². The summed E-state index contributed by atoms with van der Waals surface area (Å²) in [6, 6.07) is 8.14. The van der Waals surface area contributed by atoms with Gasteiger partial charge in [-0.05, 0) is 13.0 Å². The molecule has 1 aliphatic rings. The van der Waals surface area contributed by atoms with Crippen molar-refractivity contribution in [2.24, 2.45) is 7.05 Å². The molecular weight excluding hydrogens is 371 g/mol. The molecule has 0 aliphatic carbocycles. The lowest BCUT2D eigenvalue weighted by Crippen LogP contribution is -3.00. The lowest BCUT2D eigenvalue weighted by atomic mass is 10.3. The molecular formula is C14H17IN2OS. The fourth-order valence-corrected chi connectivity index (χ4v) is 3.37. The van der Waals surface area contributed by atoms with Crippen LogP contribution in [0.2, 0.25) is 0 Å². The largest absolute Gasteiger partial charge is 1.00 e. The third-order valence-electron chi connectivity index (χ3n) is 3.32. The van der Waals surface area contributed by atoms with Crippen LogP contribution in [0.25, 0.3) is 17.2 Å². The minimum absolute atomic E-state index is 0. The van der Waals surface area contributed by atoms with Crippen molar-refractivity contribution in [3.05, 3.63) is 35.2 Å². The van der Waals surface area contributed by atoms with Gasteiger partial charge in [0.25, 0.3) is 5.52 Å². The molecule has 102 valence electrons. The fraction of sp³-hybridized carbons (Fsp3) is 0.357. The molecule has 3 nitrogen and oxygen atoms in total. The number of hydrogen-bond acceptors (Lipinski definition) is 3. The lowest BCUT2D eigenvalue weighted by Gasteiger charge is -2.14. The van der Waals surface area contributed by atoms with Crippen molar-refractivity contribution in [1.82, 2.24) is 4.90 Å². The molecule has 2 heterocycles. The van der Waals surface area contributed by atoms with E-state index in [9.17, 15) is 0 Å². The summed E-state index contributed by atoms with van der Waals surface area (Å²) in [5.41, 5.74) is 2.08. The molecule has 1 aliphatic heterocycles. The van der Waals surface area contributed by atoms with Gasteiger partial charge in [-0.2, -0.15) is 4.57 Å². The number of aryl methyl sites for hydroxylation is 1. The Bertz CT molecular complexity index is 609. The van der Waals surface area contributed by atoms with Crippen LogP contribution in [-0.2, 0) is 7.05 Å². The summed E-state index contributed by atoms with van der Waals surface area (Å²) >= 11 is 1.90. The van der Waals surface area contributed by atoms with Gasteiger partial charge in [0.05, 0.1) is 11.1 Å². The highest BCUT2D eigenvalue weighted by Crippen LogP contribution is 2.29. The Morgan fingerprint density at radius 2 is 2.21 bits per heavy atom. The van der Waals surface area contributed by atoms with E-state index in [1.54, 1.807) is 0 Å². The van der Waals surface area contributed by atoms with Crippen LogP contribution in [0.1, 0.15) is 12.8 Å². The Kier molecular flexibility index (Phi) is 4.78. The molecule has 1 fully saturated rings. The van der Waals surface area contributed by atoms with Gasteiger partial charge >= 0.3 is 5.89 Å². The minimum atomic E-state index is 0. The van der Waals surface area contributed by atoms with E-state index in [-0.39, 0.29) is 24.0 Å². The Hall–Kier alpha value is -0.690. The first-order valence-electron chi connectivity index (χ1n) is 6.26. The first kappa shape index (κ1) is 14.7. The summed E-state index contributed by atoms with van der Waals surface area (Å²) in [6.07, 6.45) is 2.15. The van der Waals surface area contributed by atoms with Gasteiger partial charge in [-0.15, -0.1) is 11.8 Å². The third-order valence-corrected chi connectivity index (χ3v) is 4.38. The predicted octanol–water partition coefficient (Wildman–Crippen LogP) is -0.372. The van der Waals surface area contributed by atoms with Crippen LogP contribution >= 0.6 is 11.8 Å². The highest BCUT2D eigenvalue weighted by Gasteiger charge is 2.21. The maximum Gasteiger partial charge on any atom is 0.376 e. The molecule has 0 spiro atoms. The molecule has 0 bridgehead atoms. The second kappa shape index (κ2) is 6.17. The van der Waals surface area contributed by atoms with Gasteiger partial charge < -0.3 is 33.3 Å². The van der Waals surface area contributed by atoms with Crippen LogP contribution in [0, 0.1) is 0 Å². The fourth-order valence-electron chi connectivity index (χ4n) is 2.26. The minimum Gasteiger partial charge on any atom is -1.00 e. The summed E-state index contributed by atoms with van der Waals surface area (Å²) in [6.45, 7) is 4.39. The summed E-state index contributed by atoms with van der Waals surface area (Å²) in [7, 11) is 2.05. The maximum absolute atomic E-state index is 5.90. The Morgan fingerprint density at radius 3 is 2.95 bits per heavy atom. The van der Waals surface area contributed by atoms with E-state index in [0.717, 1.165) is 30.1 Å². The van der Waals surface area contributed by atoms with E-state index in [1.807, 2.05) is 37.0 Å². The molecule has 0 atom stereocenters. The van der Waals surface area contributed by atoms with Crippen molar-refractivity contribution in [2.75, 3.05) is 18.8 Å². The van der Waals surface area contributed by atoms with Crippen molar-refractivity contribution in [3.8, 4) is 0 Å². The van der Waals surface area contributed by atoms with E-state index in [1.165, 1.54) is 10.8 Å². The average molecular weight is 388 g/mol. The summed E-state index contributed by atoms with van der Waals surface area (Å²) in [4.78, 5) is 2.39. The highest BCUT2D eigenvalue weighted by molar-refractivity contribution is 8.03.